The number of nitrogens with zero attached hydrogens (tertiary/aromatic N) is 3. The van der Waals surface area contributed by atoms with Gasteiger partial charge in [0.2, 0.25) is 0 Å². The highest BCUT2D eigenvalue weighted by Gasteiger charge is 2.27. The van der Waals surface area contributed by atoms with Gasteiger partial charge in [-0.3, -0.25) is 9.98 Å². The molecule has 136 valence electrons. The first-order valence-corrected chi connectivity index (χ1v) is 9.43. The molecule has 0 saturated heterocycles. The number of carbonyl (C=O) groups excluding carboxylic acids is 1. The Balaban J connectivity index is 1.46. The van der Waals surface area contributed by atoms with Gasteiger partial charge in [-0.1, -0.05) is 12.1 Å². The first-order chi connectivity index (χ1) is 13.2. The standard InChI is InChI=1S/C20H17N3O3S/c1-25-15-5-7-16-14(9-15)4-6-17(22-16)19-23-18(12-27-19)20(24)26-11-13-3-2-8-21-10-13/h2-10,18H,11-12H2,1H3/t18-/m1/s1. The molecule has 0 amide bonds. The minimum absolute atomic E-state index is 0.203. The lowest BCUT2D eigenvalue weighted by atomic mass is 10.2. The second kappa shape index (κ2) is 7.75. The van der Waals surface area contributed by atoms with E-state index in [4.69, 9.17) is 9.47 Å². The fraction of sp³-hybridized carbons (Fsp3) is 0.200. The normalized spacial score (nSPS) is 16.2. The predicted molar refractivity (Wildman–Crippen MR) is 105 cm³/mol. The van der Waals surface area contributed by atoms with E-state index in [0.29, 0.717) is 5.75 Å². The van der Waals surface area contributed by atoms with Crippen molar-refractivity contribution in [2.24, 2.45) is 4.99 Å². The maximum Gasteiger partial charge on any atom is 0.332 e. The Hall–Kier alpha value is -2.93. The lowest BCUT2D eigenvalue weighted by molar-refractivity contribution is -0.145. The summed E-state index contributed by atoms with van der Waals surface area (Å²) < 4.78 is 10.6. The molecule has 0 fully saturated rings. The van der Waals surface area contributed by atoms with Gasteiger partial charge in [-0.2, -0.15) is 0 Å². The number of pyridine rings is 2. The van der Waals surface area contributed by atoms with Gasteiger partial charge in [0.25, 0.3) is 0 Å². The maximum absolute atomic E-state index is 12.3. The summed E-state index contributed by atoms with van der Waals surface area (Å²) in [4.78, 5) is 25.5. The molecule has 27 heavy (non-hydrogen) atoms. The molecule has 0 radical (unpaired) electrons. The van der Waals surface area contributed by atoms with Crippen molar-refractivity contribution in [1.29, 1.82) is 0 Å². The third-order valence-corrected chi connectivity index (χ3v) is 5.21. The van der Waals surface area contributed by atoms with Gasteiger partial charge in [0.05, 0.1) is 18.3 Å². The van der Waals surface area contributed by atoms with E-state index in [1.807, 2.05) is 42.5 Å². The van der Waals surface area contributed by atoms with Gasteiger partial charge < -0.3 is 9.47 Å². The highest BCUT2D eigenvalue weighted by Crippen LogP contribution is 2.26. The number of hydrogen-bond donors (Lipinski definition) is 0. The first kappa shape index (κ1) is 17.5. The number of rotatable bonds is 5. The number of thioether (sulfide) groups is 1. The van der Waals surface area contributed by atoms with Crippen LogP contribution in [0.25, 0.3) is 10.9 Å². The van der Waals surface area contributed by atoms with E-state index in [0.717, 1.165) is 33.0 Å². The van der Waals surface area contributed by atoms with Crippen LogP contribution in [-0.4, -0.2) is 39.9 Å². The molecule has 1 aliphatic rings. The Morgan fingerprint density at radius 3 is 3.00 bits per heavy atom. The Morgan fingerprint density at radius 2 is 2.19 bits per heavy atom. The molecule has 3 heterocycles. The van der Waals surface area contributed by atoms with Crippen molar-refractivity contribution < 1.29 is 14.3 Å². The molecule has 4 rings (SSSR count). The SMILES string of the molecule is COc1ccc2nc(C3=N[C@@H](C(=O)OCc4cccnc4)CS3)ccc2c1. The highest BCUT2D eigenvalue weighted by molar-refractivity contribution is 8.14. The van der Waals surface area contributed by atoms with E-state index in [2.05, 4.69) is 15.0 Å². The Bertz CT molecular complexity index is 1010. The molecular formula is C20H17N3O3S. The molecule has 0 bridgehead atoms. The third-order valence-electron chi connectivity index (χ3n) is 4.14. The molecule has 2 aromatic heterocycles. The topological polar surface area (TPSA) is 73.7 Å². The number of esters is 1. The molecule has 0 saturated carbocycles. The van der Waals surface area contributed by atoms with Crippen molar-refractivity contribution in [3.8, 4) is 5.75 Å². The van der Waals surface area contributed by atoms with Gasteiger partial charge in [0, 0.05) is 29.1 Å². The minimum Gasteiger partial charge on any atom is -0.497 e. The predicted octanol–water partition coefficient (Wildman–Crippen LogP) is 3.24. The first-order valence-electron chi connectivity index (χ1n) is 8.44. The van der Waals surface area contributed by atoms with Crippen molar-refractivity contribution >= 4 is 33.7 Å². The van der Waals surface area contributed by atoms with Crippen LogP contribution in [0.3, 0.4) is 0 Å². The number of aromatic nitrogens is 2. The molecular weight excluding hydrogens is 362 g/mol. The number of carbonyl (C=O) groups is 1. The van der Waals surface area contributed by atoms with Crippen LogP contribution in [0.2, 0.25) is 0 Å². The lowest BCUT2D eigenvalue weighted by Gasteiger charge is -2.07. The summed E-state index contributed by atoms with van der Waals surface area (Å²) in [5.41, 5.74) is 2.48. The average molecular weight is 379 g/mol. The smallest absolute Gasteiger partial charge is 0.332 e. The van der Waals surface area contributed by atoms with Gasteiger partial charge in [-0.05, 0) is 30.3 Å². The molecule has 0 spiro atoms. The van der Waals surface area contributed by atoms with E-state index < -0.39 is 6.04 Å². The number of fused-ring (bicyclic) bond motifs is 1. The third kappa shape index (κ3) is 3.93. The van der Waals surface area contributed by atoms with Gasteiger partial charge in [0.15, 0.2) is 6.04 Å². The summed E-state index contributed by atoms with van der Waals surface area (Å²) in [7, 11) is 1.64. The van der Waals surface area contributed by atoms with Crippen molar-refractivity contribution in [2.75, 3.05) is 12.9 Å². The summed E-state index contributed by atoms with van der Waals surface area (Å²) in [6.07, 6.45) is 3.36. The molecule has 6 nitrogen and oxygen atoms in total. The van der Waals surface area contributed by atoms with Crippen LogP contribution in [0, 0.1) is 0 Å². The molecule has 0 N–H and O–H groups in total. The number of hydrogen-bond acceptors (Lipinski definition) is 7. The van der Waals surface area contributed by atoms with Crippen LogP contribution in [0.1, 0.15) is 11.3 Å². The zero-order valence-electron chi connectivity index (χ0n) is 14.7. The van der Waals surface area contributed by atoms with E-state index >= 15 is 0 Å². The molecule has 1 atom stereocenters. The number of benzene rings is 1. The highest BCUT2D eigenvalue weighted by atomic mass is 32.2. The molecule has 3 aromatic rings. The van der Waals surface area contributed by atoms with E-state index in [1.54, 1.807) is 19.5 Å². The van der Waals surface area contributed by atoms with E-state index in [-0.39, 0.29) is 12.6 Å². The van der Waals surface area contributed by atoms with Crippen LogP contribution in [0.15, 0.2) is 59.9 Å². The van der Waals surface area contributed by atoms with Crippen molar-refractivity contribution in [2.45, 2.75) is 12.6 Å². The molecule has 0 unspecified atom stereocenters. The zero-order valence-corrected chi connectivity index (χ0v) is 15.5. The summed E-state index contributed by atoms with van der Waals surface area (Å²) in [6, 6.07) is 12.8. The van der Waals surface area contributed by atoms with Gasteiger partial charge in [-0.25, -0.2) is 9.78 Å². The molecule has 1 aromatic carbocycles. The second-order valence-corrected chi connectivity index (χ2v) is 6.99. The fourth-order valence-corrected chi connectivity index (χ4v) is 3.71. The average Bonchev–Trinajstić information content (AvgIpc) is 3.22. The lowest BCUT2D eigenvalue weighted by Crippen LogP contribution is -2.21. The largest absolute Gasteiger partial charge is 0.497 e. The Morgan fingerprint density at radius 1 is 1.26 bits per heavy atom. The van der Waals surface area contributed by atoms with Crippen LogP contribution < -0.4 is 4.74 Å². The van der Waals surface area contributed by atoms with Crippen LogP contribution in [0.4, 0.5) is 0 Å². The quantitative estimate of drug-likeness (QED) is 0.634. The molecule has 1 aliphatic heterocycles. The zero-order chi connectivity index (χ0) is 18.6. The Labute approximate surface area is 160 Å². The Kier molecular flexibility index (Phi) is 5.02. The van der Waals surface area contributed by atoms with Gasteiger partial charge in [-0.15, -0.1) is 11.8 Å². The number of ether oxygens (including phenoxy) is 2. The molecule has 0 aliphatic carbocycles. The van der Waals surface area contributed by atoms with Crippen LogP contribution >= 0.6 is 11.8 Å². The summed E-state index contributed by atoms with van der Waals surface area (Å²) >= 11 is 1.52. The van der Waals surface area contributed by atoms with Gasteiger partial charge >= 0.3 is 5.97 Å². The minimum atomic E-state index is -0.505. The van der Waals surface area contributed by atoms with Gasteiger partial charge in [0.1, 0.15) is 17.4 Å². The monoisotopic (exact) mass is 379 g/mol. The number of methoxy groups -OCH3 is 1. The summed E-state index contributed by atoms with van der Waals surface area (Å²) in [5, 5.41) is 1.75. The summed E-state index contributed by atoms with van der Waals surface area (Å²) in [6.45, 7) is 0.203. The summed E-state index contributed by atoms with van der Waals surface area (Å²) in [5.74, 6) is 1.02. The van der Waals surface area contributed by atoms with Crippen LogP contribution in [0.5, 0.6) is 5.75 Å². The van der Waals surface area contributed by atoms with Crippen LogP contribution in [-0.2, 0) is 16.1 Å². The van der Waals surface area contributed by atoms with E-state index in [1.165, 1.54) is 11.8 Å². The van der Waals surface area contributed by atoms with Crippen molar-refractivity contribution in [1.82, 2.24) is 9.97 Å². The van der Waals surface area contributed by atoms with Crippen molar-refractivity contribution in [3.05, 3.63) is 66.1 Å². The number of aliphatic imine (C=N–C) groups is 1. The molecule has 7 heteroatoms. The maximum atomic E-state index is 12.3. The van der Waals surface area contributed by atoms with E-state index in [9.17, 15) is 4.79 Å². The van der Waals surface area contributed by atoms with Crippen molar-refractivity contribution in [3.63, 3.8) is 0 Å². The second-order valence-electron chi connectivity index (χ2n) is 5.99. The fourth-order valence-electron chi connectivity index (χ4n) is 2.72.